The smallest absolute Gasteiger partial charge is 0.267 e. The number of hydrogen-bond acceptors (Lipinski definition) is 3. The van der Waals surface area contributed by atoms with Gasteiger partial charge in [0.2, 0.25) is 5.91 Å². The summed E-state index contributed by atoms with van der Waals surface area (Å²) in [5.74, 6) is -0.258. The van der Waals surface area contributed by atoms with E-state index in [-0.39, 0.29) is 10.8 Å². The summed E-state index contributed by atoms with van der Waals surface area (Å²) >= 11 is 0. The average molecular weight is 265 g/mol. The van der Waals surface area contributed by atoms with Crippen LogP contribution in [-0.2, 0) is 14.8 Å². The van der Waals surface area contributed by atoms with Crippen molar-refractivity contribution in [2.24, 2.45) is 5.41 Å². The van der Waals surface area contributed by atoms with Crippen LogP contribution in [0.25, 0.3) is 0 Å². The molecule has 1 saturated carbocycles. The highest BCUT2D eigenvalue weighted by atomic mass is 32.2. The molecule has 5 heteroatoms. The minimum Gasteiger partial charge on any atom is -0.273 e. The van der Waals surface area contributed by atoms with Gasteiger partial charge in [0.25, 0.3) is 10.0 Å². The Kier molecular flexibility index (Phi) is 2.18. The Bertz CT molecular complexity index is 631. The van der Waals surface area contributed by atoms with Gasteiger partial charge in [-0.05, 0) is 31.4 Å². The summed E-state index contributed by atoms with van der Waals surface area (Å²) in [6.07, 6.45) is 1.56. The molecule has 1 aliphatic heterocycles. The lowest BCUT2D eigenvalue weighted by molar-refractivity contribution is -0.132. The van der Waals surface area contributed by atoms with Crippen LogP contribution in [0, 0.1) is 5.41 Å². The van der Waals surface area contributed by atoms with Crippen molar-refractivity contribution >= 4 is 15.9 Å². The van der Waals surface area contributed by atoms with Crippen molar-refractivity contribution < 1.29 is 13.2 Å². The van der Waals surface area contributed by atoms with E-state index in [0.29, 0.717) is 0 Å². The molecule has 1 aromatic carbocycles. The van der Waals surface area contributed by atoms with E-state index >= 15 is 0 Å². The van der Waals surface area contributed by atoms with E-state index in [1.165, 1.54) is 0 Å². The second-order valence-electron chi connectivity index (χ2n) is 5.38. The van der Waals surface area contributed by atoms with E-state index in [2.05, 4.69) is 0 Å². The fourth-order valence-electron chi connectivity index (χ4n) is 2.45. The van der Waals surface area contributed by atoms with Gasteiger partial charge in [-0.1, -0.05) is 25.1 Å². The predicted molar refractivity (Wildman–Crippen MR) is 66.2 cm³/mol. The number of benzene rings is 1. The molecule has 1 atom stereocenters. The molecular weight excluding hydrogens is 250 g/mol. The molecule has 1 heterocycles. The van der Waals surface area contributed by atoms with Crippen LogP contribution < -0.4 is 0 Å². The molecule has 0 N–H and O–H groups in total. The van der Waals surface area contributed by atoms with Crippen LogP contribution in [0.4, 0.5) is 0 Å². The molecule has 1 fully saturated rings. The molecular formula is C13H15NO3S. The molecule has 18 heavy (non-hydrogen) atoms. The normalized spacial score (nSPS) is 26.8. The van der Waals surface area contributed by atoms with Gasteiger partial charge in [0.05, 0.1) is 10.9 Å². The van der Waals surface area contributed by atoms with E-state index in [9.17, 15) is 13.2 Å². The van der Waals surface area contributed by atoms with Crippen molar-refractivity contribution in [2.45, 2.75) is 37.6 Å². The van der Waals surface area contributed by atoms with Crippen molar-refractivity contribution in [3.63, 3.8) is 0 Å². The van der Waals surface area contributed by atoms with Crippen LogP contribution in [0.5, 0.6) is 0 Å². The van der Waals surface area contributed by atoms with Crippen molar-refractivity contribution in [1.82, 2.24) is 4.31 Å². The highest BCUT2D eigenvalue weighted by Gasteiger charge is 2.54. The molecule has 0 radical (unpaired) electrons. The number of fused-ring (bicyclic) bond motifs is 1. The fraction of sp³-hybridized carbons (Fsp3) is 0.462. The minimum atomic E-state index is -3.65. The van der Waals surface area contributed by atoms with Gasteiger partial charge in [-0.25, -0.2) is 12.7 Å². The number of hydrogen-bond donors (Lipinski definition) is 0. The first-order chi connectivity index (χ1) is 8.38. The van der Waals surface area contributed by atoms with Gasteiger partial charge in [0.1, 0.15) is 0 Å². The number of nitrogens with zero attached hydrogens (tertiary/aromatic N) is 1. The zero-order chi connectivity index (χ0) is 13.1. The van der Waals surface area contributed by atoms with Gasteiger partial charge in [-0.15, -0.1) is 0 Å². The third kappa shape index (κ3) is 1.37. The first kappa shape index (κ1) is 11.7. The third-order valence-corrected chi connectivity index (χ3v) is 5.90. The molecule has 0 saturated heterocycles. The largest absolute Gasteiger partial charge is 0.273 e. The Labute approximate surface area is 107 Å². The molecule has 1 aromatic rings. The van der Waals surface area contributed by atoms with Gasteiger partial charge >= 0.3 is 0 Å². The highest BCUT2D eigenvalue weighted by Crippen LogP contribution is 2.50. The molecule has 96 valence electrons. The monoisotopic (exact) mass is 265 g/mol. The molecule has 3 rings (SSSR count). The first-order valence-corrected chi connectivity index (χ1v) is 7.50. The van der Waals surface area contributed by atoms with Crippen LogP contribution in [0.15, 0.2) is 29.2 Å². The van der Waals surface area contributed by atoms with Gasteiger partial charge in [0, 0.05) is 5.41 Å². The Morgan fingerprint density at radius 3 is 2.50 bits per heavy atom. The number of carbonyl (C=O) groups is 1. The summed E-state index contributed by atoms with van der Waals surface area (Å²) in [6, 6.07) is 6.45. The Morgan fingerprint density at radius 2 is 1.94 bits per heavy atom. The second kappa shape index (κ2) is 3.35. The van der Waals surface area contributed by atoms with E-state index in [4.69, 9.17) is 0 Å². The molecule has 4 nitrogen and oxygen atoms in total. The summed E-state index contributed by atoms with van der Waals surface area (Å²) in [7, 11) is -3.65. The summed E-state index contributed by atoms with van der Waals surface area (Å²) in [5, 5.41) is 0. The summed E-state index contributed by atoms with van der Waals surface area (Å²) in [5.41, 5.74) is 0.249. The van der Waals surface area contributed by atoms with Crippen molar-refractivity contribution in [3.05, 3.63) is 29.8 Å². The molecule has 0 unspecified atom stereocenters. The quantitative estimate of drug-likeness (QED) is 0.781. The molecule has 0 aromatic heterocycles. The maximum Gasteiger partial charge on any atom is 0.267 e. The maximum atomic E-state index is 12.4. The average Bonchev–Trinajstić information content (AvgIpc) is 3.04. The van der Waals surface area contributed by atoms with Crippen molar-refractivity contribution in [2.75, 3.05) is 0 Å². The zero-order valence-electron chi connectivity index (χ0n) is 10.4. The van der Waals surface area contributed by atoms with Crippen LogP contribution in [0.2, 0.25) is 0 Å². The van der Waals surface area contributed by atoms with Crippen molar-refractivity contribution in [3.8, 4) is 0 Å². The van der Waals surface area contributed by atoms with Crippen molar-refractivity contribution in [1.29, 1.82) is 0 Å². The van der Waals surface area contributed by atoms with Gasteiger partial charge in [-0.3, -0.25) is 4.79 Å². The second-order valence-corrected chi connectivity index (χ2v) is 7.16. The van der Waals surface area contributed by atoms with E-state index in [1.54, 1.807) is 31.2 Å². The van der Waals surface area contributed by atoms with Gasteiger partial charge < -0.3 is 0 Å². The molecule has 2 aliphatic rings. The van der Waals surface area contributed by atoms with E-state index in [1.807, 2.05) is 6.92 Å². The minimum absolute atomic E-state index is 0.258. The Hall–Kier alpha value is -1.36. The lowest BCUT2D eigenvalue weighted by Gasteiger charge is -2.23. The summed E-state index contributed by atoms with van der Waals surface area (Å²) in [6.45, 7) is 3.60. The van der Waals surface area contributed by atoms with Gasteiger partial charge in [0.15, 0.2) is 0 Å². The summed E-state index contributed by atoms with van der Waals surface area (Å²) in [4.78, 5) is 12.6. The molecule has 1 aliphatic carbocycles. The zero-order valence-corrected chi connectivity index (χ0v) is 11.2. The standard InChI is InChI=1S/C13H15NO3S/c1-9-10-5-3-4-6-11(10)18(16,17)14(9)12(15)13(2)7-8-13/h3-6,9H,7-8H2,1-2H3/t9-/m1/s1. The van der Waals surface area contributed by atoms with E-state index < -0.39 is 21.5 Å². The third-order valence-electron chi connectivity index (χ3n) is 3.97. The first-order valence-electron chi connectivity index (χ1n) is 6.06. The maximum absolute atomic E-state index is 12.4. The Morgan fingerprint density at radius 1 is 1.33 bits per heavy atom. The number of rotatable bonds is 1. The topological polar surface area (TPSA) is 54.5 Å². The molecule has 0 spiro atoms. The lowest BCUT2D eigenvalue weighted by Crippen LogP contribution is -2.38. The molecule has 0 bridgehead atoms. The fourth-order valence-corrected chi connectivity index (χ4v) is 4.42. The Balaban J connectivity index is 2.12. The number of amides is 1. The van der Waals surface area contributed by atoms with Gasteiger partial charge in [-0.2, -0.15) is 0 Å². The predicted octanol–water partition coefficient (Wildman–Crippen LogP) is 2.08. The van der Waals surface area contributed by atoms with Crippen LogP contribution in [0.3, 0.4) is 0 Å². The van der Waals surface area contributed by atoms with Crippen LogP contribution in [-0.4, -0.2) is 18.6 Å². The molecule has 1 amide bonds. The van der Waals surface area contributed by atoms with Crippen LogP contribution >= 0.6 is 0 Å². The highest BCUT2D eigenvalue weighted by molar-refractivity contribution is 7.90. The SMILES string of the molecule is C[C@@H]1c2ccccc2S(=O)(=O)N1C(=O)C1(C)CC1. The van der Waals surface area contributed by atoms with E-state index in [0.717, 1.165) is 22.7 Å². The lowest BCUT2D eigenvalue weighted by atomic mass is 10.1. The number of sulfonamides is 1. The number of carbonyl (C=O) groups excluding carboxylic acids is 1. The summed E-state index contributed by atoms with van der Waals surface area (Å²) < 4.78 is 25.9. The van der Waals surface area contributed by atoms with Crippen LogP contribution in [0.1, 0.15) is 38.3 Å².